The normalized spacial score (nSPS) is 20.7. The summed E-state index contributed by atoms with van der Waals surface area (Å²) in [6.45, 7) is 5.55. The number of fused-ring (bicyclic) bond motifs is 1. The first-order chi connectivity index (χ1) is 16.4. The SMILES string of the molecule is CCS(=O)(=O)N1CCC(c2c[nH]c3c(C(N)=O)cc(-c4ccc(C5CNCCN5)s4)cc23)CC1. The van der Waals surface area contributed by atoms with E-state index in [4.69, 9.17) is 5.73 Å². The van der Waals surface area contributed by atoms with Crippen molar-refractivity contribution in [2.45, 2.75) is 31.7 Å². The van der Waals surface area contributed by atoms with E-state index in [1.54, 1.807) is 22.6 Å². The average Bonchev–Trinajstić information content (AvgIpc) is 3.52. The number of nitrogens with one attached hydrogen (secondary N) is 3. The summed E-state index contributed by atoms with van der Waals surface area (Å²) in [5, 5.41) is 7.97. The number of aromatic nitrogens is 1. The van der Waals surface area contributed by atoms with Crippen molar-refractivity contribution in [1.82, 2.24) is 19.9 Å². The van der Waals surface area contributed by atoms with Gasteiger partial charge in [-0.05, 0) is 61.1 Å². The third-order valence-corrected chi connectivity index (χ3v) is 10.2. The number of primary amides is 1. The predicted molar refractivity (Wildman–Crippen MR) is 137 cm³/mol. The van der Waals surface area contributed by atoms with Gasteiger partial charge in [-0.1, -0.05) is 0 Å². The molecule has 2 fully saturated rings. The molecule has 8 nitrogen and oxygen atoms in total. The van der Waals surface area contributed by atoms with Crippen molar-refractivity contribution >= 4 is 38.2 Å². The van der Waals surface area contributed by atoms with E-state index in [0.29, 0.717) is 24.7 Å². The zero-order valence-corrected chi connectivity index (χ0v) is 20.9. The van der Waals surface area contributed by atoms with E-state index in [9.17, 15) is 13.2 Å². The molecule has 0 saturated carbocycles. The Morgan fingerprint density at radius 1 is 1.21 bits per heavy atom. The molecule has 3 aromatic rings. The second kappa shape index (κ2) is 9.43. The van der Waals surface area contributed by atoms with Crippen LogP contribution in [0.25, 0.3) is 21.3 Å². The van der Waals surface area contributed by atoms with E-state index in [-0.39, 0.29) is 11.7 Å². The van der Waals surface area contributed by atoms with Gasteiger partial charge < -0.3 is 21.4 Å². The number of hydrogen-bond acceptors (Lipinski definition) is 6. The number of aromatic amines is 1. The zero-order chi connectivity index (χ0) is 23.9. The van der Waals surface area contributed by atoms with Gasteiger partial charge in [0.2, 0.25) is 10.0 Å². The largest absolute Gasteiger partial charge is 0.366 e. The number of hydrogen-bond donors (Lipinski definition) is 4. The highest BCUT2D eigenvalue weighted by molar-refractivity contribution is 7.89. The smallest absolute Gasteiger partial charge is 0.250 e. The highest BCUT2D eigenvalue weighted by atomic mass is 32.2. The Morgan fingerprint density at radius 3 is 2.68 bits per heavy atom. The van der Waals surface area contributed by atoms with Gasteiger partial charge in [0.25, 0.3) is 5.91 Å². The van der Waals surface area contributed by atoms with E-state index in [1.807, 2.05) is 12.3 Å². The second-order valence-electron chi connectivity index (χ2n) is 9.04. The van der Waals surface area contributed by atoms with Crippen molar-refractivity contribution in [3.8, 4) is 10.4 Å². The van der Waals surface area contributed by atoms with Gasteiger partial charge in [0, 0.05) is 54.1 Å². The number of piperidine rings is 1. The molecule has 5 rings (SSSR count). The number of rotatable bonds is 6. The van der Waals surface area contributed by atoms with Crippen LogP contribution in [0.3, 0.4) is 0 Å². The Kier molecular flexibility index (Phi) is 6.51. The quantitative estimate of drug-likeness (QED) is 0.414. The van der Waals surface area contributed by atoms with Gasteiger partial charge in [-0.25, -0.2) is 12.7 Å². The number of nitrogens with zero attached hydrogens (tertiary/aromatic N) is 1. The van der Waals surface area contributed by atoms with Crippen LogP contribution in [0.5, 0.6) is 0 Å². The Bertz CT molecular complexity index is 1300. The minimum absolute atomic E-state index is 0.130. The summed E-state index contributed by atoms with van der Waals surface area (Å²) >= 11 is 1.73. The molecule has 2 aliphatic rings. The number of amides is 1. The molecule has 2 saturated heterocycles. The maximum Gasteiger partial charge on any atom is 0.250 e. The van der Waals surface area contributed by atoms with Gasteiger partial charge in [-0.2, -0.15) is 0 Å². The summed E-state index contributed by atoms with van der Waals surface area (Å²) in [5.74, 6) is -0.103. The fraction of sp³-hybridized carbons (Fsp3) is 0.458. The fourth-order valence-electron chi connectivity index (χ4n) is 5.10. The maximum atomic E-state index is 12.3. The monoisotopic (exact) mass is 501 g/mol. The van der Waals surface area contributed by atoms with E-state index >= 15 is 0 Å². The van der Waals surface area contributed by atoms with Gasteiger partial charge in [-0.15, -0.1) is 11.3 Å². The summed E-state index contributed by atoms with van der Waals surface area (Å²) in [6, 6.07) is 8.58. The van der Waals surface area contributed by atoms with Crippen LogP contribution in [0.4, 0.5) is 0 Å². The Morgan fingerprint density at radius 2 is 2.00 bits per heavy atom. The Labute approximate surface area is 204 Å². The highest BCUT2D eigenvalue weighted by Gasteiger charge is 2.29. The van der Waals surface area contributed by atoms with E-state index in [1.165, 1.54) is 4.88 Å². The van der Waals surface area contributed by atoms with Crippen LogP contribution in [-0.2, 0) is 10.0 Å². The maximum absolute atomic E-state index is 12.3. The zero-order valence-electron chi connectivity index (χ0n) is 19.3. The van der Waals surface area contributed by atoms with Crippen LogP contribution >= 0.6 is 11.3 Å². The Balaban J connectivity index is 1.48. The number of benzene rings is 1. The summed E-state index contributed by atoms with van der Waals surface area (Å²) < 4.78 is 26.1. The first kappa shape index (κ1) is 23.5. The predicted octanol–water partition coefficient (Wildman–Crippen LogP) is 2.76. The Hall–Kier alpha value is -2.24. The number of sulfonamides is 1. The van der Waals surface area contributed by atoms with Crippen molar-refractivity contribution in [3.63, 3.8) is 0 Å². The lowest BCUT2D eigenvalue weighted by Gasteiger charge is -2.31. The molecular formula is C24H31N5O3S2. The minimum atomic E-state index is -3.17. The lowest BCUT2D eigenvalue weighted by Crippen LogP contribution is -2.42. The molecule has 5 N–H and O–H groups in total. The molecule has 0 aliphatic carbocycles. The van der Waals surface area contributed by atoms with Gasteiger partial charge >= 0.3 is 0 Å². The lowest BCUT2D eigenvalue weighted by molar-refractivity contribution is 0.100. The molecule has 4 heterocycles. The number of nitrogens with two attached hydrogens (primary N) is 1. The molecule has 10 heteroatoms. The third kappa shape index (κ3) is 4.40. The van der Waals surface area contributed by atoms with Gasteiger partial charge in [0.1, 0.15) is 0 Å². The minimum Gasteiger partial charge on any atom is -0.366 e. The molecular weight excluding hydrogens is 470 g/mol. The van der Waals surface area contributed by atoms with Crippen molar-refractivity contribution in [2.24, 2.45) is 5.73 Å². The van der Waals surface area contributed by atoms with Crippen LogP contribution < -0.4 is 16.4 Å². The van der Waals surface area contributed by atoms with E-state index in [0.717, 1.165) is 59.4 Å². The van der Waals surface area contributed by atoms with Crippen molar-refractivity contribution in [2.75, 3.05) is 38.5 Å². The third-order valence-electron chi connectivity index (χ3n) is 7.03. The van der Waals surface area contributed by atoms with Crippen LogP contribution in [-0.4, -0.2) is 62.1 Å². The van der Waals surface area contributed by atoms with Gasteiger partial charge in [0.15, 0.2) is 0 Å². The molecule has 1 amide bonds. The summed E-state index contributed by atoms with van der Waals surface area (Å²) in [7, 11) is -3.17. The number of carbonyl (C=O) groups excluding carboxylic acids is 1. The fourth-order valence-corrected chi connectivity index (χ4v) is 7.31. The van der Waals surface area contributed by atoms with Crippen molar-refractivity contribution in [1.29, 1.82) is 0 Å². The topological polar surface area (TPSA) is 120 Å². The second-order valence-corrected chi connectivity index (χ2v) is 12.4. The summed E-state index contributed by atoms with van der Waals surface area (Å²) in [4.78, 5) is 18.0. The van der Waals surface area contributed by atoms with Crippen molar-refractivity contribution in [3.05, 3.63) is 46.5 Å². The molecule has 1 aromatic carbocycles. The van der Waals surface area contributed by atoms with Crippen LogP contribution in [0.1, 0.15) is 52.5 Å². The molecule has 2 aliphatic heterocycles. The first-order valence-electron chi connectivity index (χ1n) is 11.8. The molecule has 0 spiro atoms. The van der Waals surface area contributed by atoms with Crippen LogP contribution in [0, 0.1) is 0 Å². The standard InChI is InChI=1S/C24H31N5O3S2/c1-2-34(31,32)29-9-5-15(6-10-29)19-13-28-23-17(19)11-16(12-18(23)24(25)30)21-3-4-22(33-21)20-14-26-7-8-27-20/h3-4,11-13,15,20,26-28H,2,5-10,14H2,1H3,(H2,25,30). The van der Waals surface area contributed by atoms with Gasteiger partial charge in [-0.3, -0.25) is 4.79 Å². The molecule has 1 atom stereocenters. The average molecular weight is 502 g/mol. The lowest BCUT2D eigenvalue weighted by atomic mass is 9.89. The molecule has 1 unspecified atom stereocenters. The number of H-pyrrole nitrogens is 1. The van der Waals surface area contributed by atoms with Crippen LogP contribution in [0.15, 0.2) is 30.5 Å². The number of thiophene rings is 1. The van der Waals surface area contributed by atoms with E-state index in [2.05, 4.69) is 33.8 Å². The highest BCUT2D eigenvalue weighted by Crippen LogP contribution is 2.39. The summed E-state index contributed by atoms with van der Waals surface area (Å²) in [5.41, 5.74) is 9.12. The summed E-state index contributed by atoms with van der Waals surface area (Å²) in [6.07, 6.45) is 3.48. The van der Waals surface area contributed by atoms with Crippen molar-refractivity contribution < 1.29 is 13.2 Å². The molecule has 0 bridgehead atoms. The molecule has 2 aromatic heterocycles. The van der Waals surface area contributed by atoms with Crippen LogP contribution in [0.2, 0.25) is 0 Å². The first-order valence-corrected chi connectivity index (χ1v) is 14.3. The number of piperazine rings is 1. The molecule has 182 valence electrons. The number of carbonyl (C=O) groups is 1. The molecule has 34 heavy (non-hydrogen) atoms. The molecule has 0 radical (unpaired) electrons. The van der Waals surface area contributed by atoms with Gasteiger partial charge in [0.05, 0.1) is 22.9 Å². The van der Waals surface area contributed by atoms with E-state index < -0.39 is 15.9 Å².